The van der Waals surface area contributed by atoms with Gasteiger partial charge in [0.1, 0.15) is 25.5 Å². The van der Waals surface area contributed by atoms with Crippen LogP contribution in [-0.4, -0.2) is 84.4 Å². The standard InChI is InChI=1S/C18H23NO5.C17H21NO3.CO2/c1-3-9-18(13-20)10-11-19(15(18)16(21)23-2)17(22)24-12-14-7-5-4-6-8-14;1-3-9-17(13-19)10-11-18(14(17)2)16(20)21-12-15-7-5-4-6-8-15;2-1-3/h3-8,15,20H,1,9-13H2,2H3;3-8,13-14H,1,9-12H2,2H3;/t15-,18-;14-,17-;/m11./s1. The minimum absolute atomic E-state index is 0.123. The Labute approximate surface area is 280 Å². The smallest absolute Gasteiger partial charge is 0.410 e. The van der Waals surface area contributed by atoms with Gasteiger partial charge in [0.05, 0.1) is 19.1 Å². The van der Waals surface area contributed by atoms with Gasteiger partial charge in [-0.15, -0.1) is 13.2 Å². The van der Waals surface area contributed by atoms with Gasteiger partial charge in [0.25, 0.3) is 0 Å². The third-order valence-corrected chi connectivity index (χ3v) is 8.79. The molecule has 2 aromatic carbocycles. The first kappa shape index (κ1) is 39.1. The molecule has 4 atom stereocenters. The van der Waals surface area contributed by atoms with Gasteiger partial charge in [-0.05, 0) is 43.7 Å². The molecule has 1 N–H and O–H groups in total. The van der Waals surface area contributed by atoms with Crippen LogP contribution in [0.5, 0.6) is 0 Å². The molecule has 12 nitrogen and oxygen atoms in total. The van der Waals surface area contributed by atoms with Gasteiger partial charge in [-0.2, -0.15) is 9.59 Å². The number of methoxy groups -OCH3 is 1. The molecule has 0 aliphatic carbocycles. The summed E-state index contributed by atoms with van der Waals surface area (Å²) >= 11 is 0. The lowest BCUT2D eigenvalue weighted by Gasteiger charge is -2.33. The molecule has 2 heterocycles. The molecule has 0 bridgehead atoms. The fourth-order valence-corrected chi connectivity index (χ4v) is 6.00. The number of carbonyl (C=O) groups is 4. The summed E-state index contributed by atoms with van der Waals surface area (Å²) in [7, 11) is 1.27. The van der Waals surface area contributed by atoms with Crippen LogP contribution in [0.4, 0.5) is 9.59 Å². The Morgan fingerprint density at radius 1 is 0.875 bits per heavy atom. The van der Waals surface area contributed by atoms with Gasteiger partial charge in [-0.1, -0.05) is 72.8 Å². The van der Waals surface area contributed by atoms with E-state index in [9.17, 15) is 24.3 Å². The number of likely N-dealkylation sites (tertiary alicyclic amines) is 2. The second-order valence-electron chi connectivity index (χ2n) is 11.5. The second kappa shape index (κ2) is 19.6. The van der Waals surface area contributed by atoms with Crippen molar-refractivity contribution in [1.29, 1.82) is 0 Å². The number of carbonyl (C=O) groups excluding carboxylic acids is 6. The van der Waals surface area contributed by atoms with Crippen LogP contribution in [0.15, 0.2) is 86.0 Å². The van der Waals surface area contributed by atoms with Crippen molar-refractivity contribution < 1.29 is 48.1 Å². The van der Waals surface area contributed by atoms with Gasteiger partial charge in [0, 0.05) is 24.5 Å². The number of amides is 2. The van der Waals surface area contributed by atoms with Crippen LogP contribution in [0, 0.1) is 10.8 Å². The first-order chi connectivity index (χ1) is 23.1. The molecule has 2 fully saturated rings. The van der Waals surface area contributed by atoms with Gasteiger partial charge in [0.2, 0.25) is 0 Å². The molecule has 0 spiro atoms. The van der Waals surface area contributed by atoms with E-state index in [-0.39, 0.29) is 38.1 Å². The van der Waals surface area contributed by atoms with Gasteiger partial charge in [-0.3, -0.25) is 4.90 Å². The maximum Gasteiger partial charge on any atom is 0.410 e. The van der Waals surface area contributed by atoms with Gasteiger partial charge in [0.15, 0.2) is 0 Å². The third kappa shape index (κ3) is 9.97. The molecule has 0 radical (unpaired) electrons. The number of hydrogen-bond donors (Lipinski definition) is 1. The van der Waals surface area contributed by atoms with E-state index in [1.807, 2.05) is 67.6 Å². The summed E-state index contributed by atoms with van der Waals surface area (Å²) in [6, 6.07) is 17.8. The van der Waals surface area contributed by atoms with Crippen molar-refractivity contribution in [3.63, 3.8) is 0 Å². The number of aliphatic hydroxyl groups excluding tert-OH is 1. The predicted octanol–water partition coefficient (Wildman–Crippen LogP) is 4.72. The zero-order valence-electron chi connectivity index (χ0n) is 27.5. The van der Waals surface area contributed by atoms with Crippen LogP contribution in [0.25, 0.3) is 0 Å². The zero-order chi connectivity index (χ0) is 35.6. The fourth-order valence-electron chi connectivity index (χ4n) is 6.00. The van der Waals surface area contributed by atoms with E-state index < -0.39 is 28.9 Å². The van der Waals surface area contributed by atoms with Crippen LogP contribution in [0.3, 0.4) is 0 Å². The lowest BCUT2D eigenvalue weighted by Crippen LogP contribution is -2.50. The summed E-state index contributed by atoms with van der Waals surface area (Å²) in [6.07, 6.45) is 5.78. The van der Waals surface area contributed by atoms with E-state index in [1.165, 1.54) is 12.0 Å². The summed E-state index contributed by atoms with van der Waals surface area (Å²) in [5, 5.41) is 9.84. The topological polar surface area (TPSA) is 157 Å². The molecule has 2 aromatic rings. The summed E-state index contributed by atoms with van der Waals surface area (Å²) in [5.74, 6) is -0.555. The second-order valence-corrected chi connectivity index (χ2v) is 11.5. The number of ether oxygens (including phenoxy) is 3. The van der Waals surface area contributed by atoms with E-state index in [0.29, 0.717) is 38.8 Å². The first-order valence-corrected chi connectivity index (χ1v) is 15.4. The molecule has 0 saturated carbocycles. The van der Waals surface area contributed by atoms with E-state index >= 15 is 0 Å². The normalized spacial score (nSPS) is 22.4. The maximum absolute atomic E-state index is 12.4. The monoisotopic (exact) mass is 664 g/mol. The molecule has 0 unspecified atom stereocenters. The molecule has 12 heteroatoms. The fraction of sp³-hybridized carbons (Fsp3) is 0.417. The van der Waals surface area contributed by atoms with Crippen molar-refractivity contribution >= 4 is 30.6 Å². The van der Waals surface area contributed by atoms with Crippen LogP contribution in [0.1, 0.15) is 43.7 Å². The summed E-state index contributed by atoms with van der Waals surface area (Å²) < 4.78 is 15.5. The molecule has 2 aliphatic rings. The van der Waals surface area contributed by atoms with E-state index in [1.54, 1.807) is 17.1 Å². The quantitative estimate of drug-likeness (QED) is 0.154. The number of aliphatic hydroxyl groups is 1. The van der Waals surface area contributed by atoms with Gasteiger partial charge in [-0.25, -0.2) is 14.4 Å². The Morgan fingerprint density at radius 2 is 1.35 bits per heavy atom. The van der Waals surface area contributed by atoms with Crippen molar-refractivity contribution in [2.75, 3.05) is 26.8 Å². The number of allylic oxidation sites excluding steroid dienone is 2. The molecule has 258 valence electrons. The van der Waals surface area contributed by atoms with Crippen LogP contribution in [0.2, 0.25) is 0 Å². The highest BCUT2D eigenvalue weighted by Gasteiger charge is 2.53. The summed E-state index contributed by atoms with van der Waals surface area (Å²) in [4.78, 5) is 67.6. The number of hydrogen-bond acceptors (Lipinski definition) is 10. The van der Waals surface area contributed by atoms with Crippen molar-refractivity contribution in [3.05, 3.63) is 97.1 Å². The van der Waals surface area contributed by atoms with Crippen molar-refractivity contribution in [2.24, 2.45) is 10.8 Å². The third-order valence-electron chi connectivity index (χ3n) is 8.79. The lowest BCUT2D eigenvalue weighted by molar-refractivity contribution is -0.191. The summed E-state index contributed by atoms with van der Waals surface area (Å²) in [5.41, 5.74) is 0.512. The lowest BCUT2D eigenvalue weighted by atomic mass is 9.78. The van der Waals surface area contributed by atoms with Crippen LogP contribution in [-0.2, 0) is 46.6 Å². The number of esters is 1. The van der Waals surface area contributed by atoms with Crippen molar-refractivity contribution in [3.8, 4) is 0 Å². The zero-order valence-corrected chi connectivity index (χ0v) is 27.5. The van der Waals surface area contributed by atoms with Crippen LogP contribution >= 0.6 is 0 Å². The summed E-state index contributed by atoms with van der Waals surface area (Å²) in [6.45, 7) is 10.3. The van der Waals surface area contributed by atoms with Crippen LogP contribution < -0.4 is 0 Å². The maximum atomic E-state index is 12.4. The molecular formula is C36H44N2O10. The average molecular weight is 665 g/mol. The number of rotatable bonds is 11. The Bertz CT molecular complexity index is 1400. The number of benzene rings is 2. The van der Waals surface area contributed by atoms with Crippen molar-refractivity contribution in [2.45, 2.75) is 57.9 Å². The highest BCUT2D eigenvalue weighted by Crippen LogP contribution is 2.41. The first-order valence-electron chi connectivity index (χ1n) is 15.4. The molecule has 48 heavy (non-hydrogen) atoms. The average Bonchev–Trinajstić information content (AvgIpc) is 3.66. The Balaban J connectivity index is 0.000000310. The SMILES string of the molecule is C=CC[C@]1(C=O)CCN(C(=O)OCc2ccccc2)[C@@H]1C.C=CC[C@]1(CO)CCN(C(=O)OCc2ccccc2)[C@@H]1C(=O)OC.O=C=O. The Hall–Kier alpha value is -5.06. The van der Waals surface area contributed by atoms with Gasteiger partial charge < -0.3 is 29.0 Å². The van der Waals surface area contributed by atoms with E-state index in [4.69, 9.17) is 23.8 Å². The molecule has 2 amide bonds. The molecule has 0 aromatic heterocycles. The highest BCUT2D eigenvalue weighted by atomic mass is 16.6. The van der Waals surface area contributed by atoms with Gasteiger partial charge >= 0.3 is 24.3 Å². The number of aldehydes is 1. The number of nitrogens with zero attached hydrogens (tertiary/aromatic N) is 2. The van der Waals surface area contributed by atoms with Crippen molar-refractivity contribution in [1.82, 2.24) is 9.80 Å². The predicted molar refractivity (Wildman–Crippen MR) is 174 cm³/mol. The Kier molecular flexibility index (Phi) is 15.9. The minimum atomic E-state index is -0.881. The molecule has 2 aliphatic heterocycles. The largest absolute Gasteiger partial charge is 0.467 e. The van der Waals surface area contributed by atoms with E-state index in [2.05, 4.69) is 13.2 Å². The minimum Gasteiger partial charge on any atom is -0.467 e. The molecule has 2 saturated heterocycles. The van der Waals surface area contributed by atoms with E-state index in [0.717, 1.165) is 17.4 Å². The molecule has 4 rings (SSSR count). The highest BCUT2D eigenvalue weighted by molar-refractivity contribution is 5.83. The Morgan fingerprint density at radius 3 is 1.79 bits per heavy atom. The molecular weight excluding hydrogens is 620 g/mol.